The van der Waals surface area contributed by atoms with Crippen LogP contribution in [0.2, 0.25) is 0 Å². The Kier molecular flexibility index (Phi) is 2.52. The lowest BCUT2D eigenvalue weighted by atomic mass is 9.80. The van der Waals surface area contributed by atoms with E-state index in [1.807, 2.05) is 27.0 Å². The number of carbonyl (C=O) groups is 1. The van der Waals surface area contributed by atoms with Crippen LogP contribution < -0.4 is 0 Å². The summed E-state index contributed by atoms with van der Waals surface area (Å²) < 4.78 is 1.79. The largest absolute Gasteiger partial charge is 0.481 e. The van der Waals surface area contributed by atoms with Crippen LogP contribution in [0, 0.1) is 18.3 Å². The van der Waals surface area contributed by atoms with Crippen LogP contribution in [-0.4, -0.2) is 20.9 Å². The van der Waals surface area contributed by atoms with Crippen molar-refractivity contribution in [3.05, 3.63) is 17.5 Å². The van der Waals surface area contributed by atoms with E-state index >= 15 is 0 Å². The van der Waals surface area contributed by atoms with Gasteiger partial charge in [0.2, 0.25) is 0 Å². The van der Waals surface area contributed by atoms with Crippen LogP contribution in [0.4, 0.5) is 0 Å². The number of aliphatic carboxylic acids is 1. The summed E-state index contributed by atoms with van der Waals surface area (Å²) in [5, 5.41) is 13.6. The van der Waals surface area contributed by atoms with Crippen LogP contribution in [0.15, 0.2) is 6.07 Å². The summed E-state index contributed by atoms with van der Waals surface area (Å²) in [6.07, 6.45) is 2.66. The van der Waals surface area contributed by atoms with Gasteiger partial charge in [-0.2, -0.15) is 5.10 Å². The van der Waals surface area contributed by atoms with Crippen LogP contribution in [0.25, 0.3) is 0 Å². The average molecular weight is 222 g/mol. The van der Waals surface area contributed by atoms with Gasteiger partial charge in [-0.3, -0.25) is 9.48 Å². The van der Waals surface area contributed by atoms with Crippen LogP contribution in [-0.2, 0) is 18.3 Å². The smallest absolute Gasteiger partial charge is 0.310 e. The fraction of sp³-hybridized carbons (Fsp3) is 0.667. The number of hydrogen-bond acceptors (Lipinski definition) is 2. The molecule has 1 unspecified atom stereocenters. The fourth-order valence-corrected chi connectivity index (χ4v) is 2.32. The van der Waals surface area contributed by atoms with Gasteiger partial charge in [0, 0.05) is 19.2 Å². The molecule has 1 N–H and O–H groups in total. The lowest BCUT2D eigenvalue weighted by Crippen LogP contribution is -2.33. The van der Waals surface area contributed by atoms with Crippen LogP contribution in [0.5, 0.6) is 0 Å². The zero-order valence-corrected chi connectivity index (χ0v) is 10.0. The number of aryl methyl sites for hydroxylation is 2. The Labute approximate surface area is 95.3 Å². The molecule has 1 saturated carbocycles. The van der Waals surface area contributed by atoms with E-state index in [-0.39, 0.29) is 0 Å². The summed E-state index contributed by atoms with van der Waals surface area (Å²) in [4.78, 5) is 11.4. The molecule has 0 radical (unpaired) electrons. The molecule has 0 amide bonds. The number of aromatic nitrogens is 2. The molecule has 1 aliphatic carbocycles. The van der Waals surface area contributed by atoms with Gasteiger partial charge < -0.3 is 5.11 Å². The fourth-order valence-electron chi connectivity index (χ4n) is 2.32. The van der Waals surface area contributed by atoms with Crippen molar-refractivity contribution in [2.75, 3.05) is 0 Å². The topological polar surface area (TPSA) is 55.1 Å². The maximum Gasteiger partial charge on any atom is 0.310 e. The molecule has 16 heavy (non-hydrogen) atoms. The maximum atomic E-state index is 11.4. The van der Waals surface area contributed by atoms with E-state index in [1.165, 1.54) is 0 Å². The van der Waals surface area contributed by atoms with Crippen molar-refractivity contribution in [1.82, 2.24) is 9.78 Å². The highest BCUT2D eigenvalue weighted by atomic mass is 16.4. The Bertz CT molecular complexity index is 421. The molecule has 88 valence electrons. The van der Waals surface area contributed by atoms with Crippen molar-refractivity contribution in [2.24, 2.45) is 18.4 Å². The first-order chi connectivity index (χ1) is 7.43. The highest BCUT2D eigenvalue weighted by molar-refractivity contribution is 5.75. The van der Waals surface area contributed by atoms with Crippen LogP contribution in [0.1, 0.15) is 31.2 Å². The molecule has 1 aliphatic rings. The molecule has 0 spiro atoms. The minimum Gasteiger partial charge on any atom is -0.481 e. The molecule has 4 heteroatoms. The van der Waals surface area contributed by atoms with Crippen molar-refractivity contribution >= 4 is 5.97 Å². The Hall–Kier alpha value is -1.32. The summed E-state index contributed by atoms with van der Waals surface area (Å²) in [6, 6.07) is 1.98. The Morgan fingerprint density at radius 2 is 2.31 bits per heavy atom. The second-order valence-corrected chi connectivity index (χ2v) is 5.07. The molecule has 1 fully saturated rings. The van der Waals surface area contributed by atoms with Gasteiger partial charge in [-0.05, 0) is 38.7 Å². The van der Waals surface area contributed by atoms with E-state index in [1.54, 1.807) is 4.68 Å². The lowest BCUT2D eigenvalue weighted by Gasteiger charge is -2.24. The Morgan fingerprint density at radius 3 is 2.69 bits per heavy atom. The third kappa shape index (κ3) is 1.84. The molecule has 0 aliphatic heterocycles. The quantitative estimate of drug-likeness (QED) is 0.844. The van der Waals surface area contributed by atoms with Gasteiger partial charge in [0.15, 0.2) is 0 Å². The van der Waals surface area contributed by atoms with Crippen molar-refractivity contribution in [1.29, 1.82) is 0 Å². The van der Waals surface area contributed by atoms with E-state index in [0.717, 1.165) is 24.2 Å². The van der Waals surface area contributed by atoms with Gasteiger partial charge in [0.1, 0.15) is 0 Å². The first-order valence-corrected chi connectivity index (χ1v) is 5.66. The highest BCUT2D eigenvalue weighted by Gasteiger charge is 2.47. The summed E-state index contributed by atoms with van der Waals surface area (Å²) in [5.41, 5.74) is 1.33. The van der Waals surface area contributed by atoms with Crippen molar-refractivity contribution in [3.8, 4) is 0 Å². The monoisotopic (exact) mass is 222 g/mol. The predicted octanol–water partition coefficient (Wildman–Crippen LogP) is 1.77. The first-order valence-electron chi connectivity index (χ1n) is 5.66. The Balaban J connectivity index is 2.24. The third-order valence-electron chi connectivity index (χ3n) is 3.61. The zero-order chi connectivity index (χ0) is 11.9. The predicted molar refractivity (Wildman–Crippen MR) is 60.1 cm³/mol. The van der Waals surface area contributed by atoms with Gasteiger partial charge in [-0.1, -0.05) is 0 Å². The lowest BCUT2D eigenvalue weighted by molar-refractivity contribution is -0.149. The minimum absolute atomic E-state index is 0.334. The molecule has 2 rings (SSSR count). The molecule has 0 saturated heterocycles. The molecule has 4 nitrogen and oxygen atoms in total. The number of carboxylic acid groups (broad SMARTS) is 1. The third-order valence-corrected chi connectivity index (χ3v) is 3.61. The van der Waals surface area contributed by atoms with Gasteiger partial charge in [-0.25, -0.2) is 0 Å². The molecule has 0 bridgehead atoms. The van der Waals surface area contributed by atoms with Crippen LogP contribution in [0.3, 0.4) is 0 Å². The molecule has 1 aromatic rings. The zero-order valence-electron chi connectivity index (χ0n) is 10.0. The number of hydrogen-bond donors (Lipinski definition) is 1. The maximum absolute atomic E-state index is 11.4. The number of carboxylic acids is 1. The normalized spacial score (nSPS) is 19.4. The first kappa shape index (κ1) is 11.2. The van der Waals surface area contributed by atoms with Gasteiger partial charge in [0.05, 0.1) is 11.1 Å². The van der Waals surface area contributed by atoms with Crippen molar-refractivity contribution in [2.45, 2.75) is 33.1 Å². The van der Waals surface area contributed by atoms with Gasteiger partial charge in [-0.15, -0.1) is 0 Å². The van der Waals surface area contributed by atoms with E-state index < -0.39 is 11.4 Å². The Morgan fingerprint density at radius 1 is 1.69 bits per heavy atom. The van der Waals surface area contributed by atoms with Crippen LogP contribution >= 0.6 is 0 Å². The van der Waals surface area contributed by atoms with E-state index in [9.17, 15) is 9.90 Å². The summed E-state index contributed by atoms with van der Waals surface area (Å²) >= 11 is 0. The second kappa shape index (κ2) is 3.61. The molecule has 1 heterocycles. The number of nitrogens with zero attached hydrogens (tertiary/aromatic N) is 2. The van der Waals surface area contributed by atoms with E-state index in [0.29, 0.717) is 12.3 Å². The van der Waals surface area contributed by atoms with E-state index in [2.05, 4.69) is 5.10 Å². The molecular formula is C12H18N2O2. The molecule has 1 atom stereocenters. The van der Waals surface area contributed by atoms with Crippen molar-refractivity contribution in [3.63, 3.8) is 0 Å². The SMILES string of the molecule is Cc1cc(CC(C)(C(=O)O)C2CC2)n(C)n1. The van der Waals surface area contributed by atoms with E-state index in [4.69, 9.17) is 0 Å². The standard InChI is InChI=1S/C12H18N2O2/c1-8-6-10(14(3)13-8)7-12(2,11(15)16)9-4-5-9/h6,9H,4-5,7H2,1-3H3,(H,15,16). The average Bonchev–Trinajstić information content (AvgIpc) is 2.95. The molecule has 0 aromatic carbocycles. The van der Waals surface area contributed by atoms with Gasteiger partial charge in [0.25, 0.3) is 0 Å². The highest BCUT2D eigenvalue weighted by Crippen LogP contribution is 2.47. The second-order valence-electron chi connectivity index (χ2n) is 5.07. The molecular weight excluding hydrogens is 204 g/mol. The number of rotatable bonds is 4. The van der Waals surface area contributed by atoms with Crippen molar-refractivity contribution < 1.29 is 9.90 Å². The minimum atomic E-state index is -0.686. The summed E-state index contributed by atoms with van der Waals surface area (Å²) in [6.45, 7) is 3.79. The molecule has 1 aromatic heterocycles. The summed E-state index contributed by atoms with van der Waals surface area (Å²) in [5.74, 6) is -0.353. The van der Waals surface area contributed by atoms with Gasteiger partial charge >= 0.3 is 5.97 Å². The summed E-state index contributed by atoms with van der Waals surface area (Å²) in [7, 11) is 1.87.